The van der Waals surface area contributed by atoms with Gasteiger partial charge in [0.05, 0.1) is 7.11 Å². The Morgan fingerprint density at radius 3 is 2.38 bits per heavy atom. The van der Waals surface area contributed by atoms with Crippen LogP contribution in [0.4, 0.5) is 5.69 Å². The average molecular weight is 543 g/mol. The van der Waals surface area contributed by atoms with E-state index in [1.807, 2.05) is 12.1 Å². The van der Waals surface area contributed by atoms with E-state index in [-0.39, 0.29) is 0 Å². The van der Waals surface area contributed by atoms with Crippen LogP contribution in [0.25, 0.3) is 0 Å². The summed E-state index contributed by atoms with van der Waals surface area (Å²) < 4.78 is 11.8. The second kappa shape index (κ2) is 13.9. The summed E-state index contributed by atoms with van der Waals surface area (Å²) >= 11 is 0. The van der Waals surface area contributed by atoms with Gasteiger partial charge >= 0.3 is 0 Å². The molecule has 0 amide bonds. The van der Waals surface area contributed by atoms with E-state index in [2.05, 4.69) is 65.3 Å². The summed E-state index contributed by atoms with van der Waals surface area (Å²) in [7, 11) is 1.74. The molecule has 0 unspecified atom stereocenters. The molecule has 214 valence electrons. The number of anilines is 1. The Morgan fingerprint density at radius 1 is 0.875 bits per heavy atom. The molecule has 0 saturated carbocycles. The zero-order valence-corrected chi connectivity index (χ0v) is 24.4. The van der Waals surface area contributed by atoms with Crippen molar-refractivity contribution in [2.24, 2.45) is 0 Å². The fourth-order valence-corrected chi connectivity index (χ4v) is 6.38. The van der Waals surface area contributed by atoms with Crippen molar-refractivity contribution in [3.63, 3.8) is 0 Å². The van der Waals surface area contributed by atoms with Gasteiger partial charge in [0.25, 0.3) is 0 Å². The molecule has 1 N–H and O–H groups in total. The maximum atomic E-state index is 9.92. The standard InChI is InChI=1S/C35H46N2O3/c1-3-37(26-27-9-15-32(16-10-27)40-22-21-36-19-7-5-4-6-8-20-36)35-25-33(39-2)17-18-34(35)30-12-11-29-24-31(38)14-13-28(29)23-30/h9-10,13-18,24-25,30,38H,3-8,11-12,19-23,26H2,1-2H3/t30-/m0/s1. The third-order valence-corrected chi connectivity index (χ3v) is 8.74. The first kappa shape index (κ1) is 28.4. The Labute approximate surface area is 240 Å². The van der Waals surface area contributed by atoms with Crippen molar-refractivity contribution in [2.45, 2.75) is 70.8 Å². The van der Waals surface area contributed by atoms with Gasteiger partial charge in [-0.2, -0.15) is 0 Å². The largest absolute Gasteiger partial charge is 0.508 e. The van der Waals surface area contributed by atoms with Gasteiger partial charge in [-0.15, -0.1) is 0 Å². The van der Waals surface area contributed by atoms with Gasteiger partial charge in [-0.1, -0.05) is 43.5 Å². The number of aromatic hydroxyl groups is 1. The molecule has 1 fully saturated rings. The summed E-state index contributed by atoms with van der Waals surface area (Å²) in [6.45, 7) is 8.14. The minimum Gasteiger partial charge on any atom is -0.508 e. The van der Waals surface area contributed by atoms with Crippen LogP contribution in [0.15, 0.2) is 60.7 Å². The molecule has 1 aliphatic carbocycles. The van der Waals surface area contributed by atoms with E-state index >= 15 is 0 Å². The van der Waals surface area contributed by atoms with Crippen LogP contribution in [-0.2, 0) is 19.4 Å². The predicted molar refractivity (Wildman–Crippen MR) is 164 cm³/mol. The average Bonchev–Trinajstić information content (AvgIpc) is 2.97. The van der Waals surface area contributed by atoms with E-state index in [1.165, 1.54) is 73.1 Å². The molecule has 5 heteroatoms. The van der Waals surface area contributed by atoms with E-state index in [0.29, 0.717) is 11.7 Å². The minimum atomic E-state index is 0.365. The molecule has 5 nitrogen and oxygen atoms in total. The molecule has 40 heavy (non-hydrogen) atoms. The monoisotopic (exact) mass is 542 g/mol. The number of phenols is 1. The molecule has 1 saturated heterocycles. The first-order chi connectivity index (χ1) is 19.6. The summed E-state index contributed by atoms with van der Waals surface area (Å²) in [6.07, 6.45) is 9.83. The Morgan fingerprint density at radius 2 is 1.62 bits per heavy atom. The van der Waals surface area contributed by atoms with Gasteiger partial charge in [0.15, 0.2) is 0 Å². The normalized spacial score (nSPS) is 17.9. The van der Waals surface area contributed by atoms with Gasteiger partial charge < -0.3 is 19.5 Å². The van der Waals surface area contributed by atoms with Crippen LogP contribution in [-0.4, -0.2) is 49.9 Å². The van der Waals surface area contributed by atoms with Crippen molar-refractivity contribution < 1.29 is 14.6 Å². The summed E-state index contributed by atoms with van der Waals surface area (Å²) in [4.78, 5) is 5.02. The summed E-state index contributed by atoms with van der Waals surface area (Å²) in [5, 5.41) is 9.92. The van der Waals surface area contributed by atoms with Crippen LogP contribution in [0, 0.1) is 0 Å². The van der Waals surface area contributed by atoms with Crippen LogP contribution < -0.4 is 14.4 Å². The molecule has 5 rings (SSSR count). The molecule has 0 radical (unpaired) electrons. The van der Waals surface area contributed by atoms with Gasteiger partial charge in [-0.25, -0.2) is 0 Å². The number of phenolic OH excluding ortho intramolecular Hbond substituents is 1. The maximum absolute atomic E-state index is 9.92. The third-order valence-electron chi connectivity index (χ3n) is 8.74. The SMILES string of the molecule is CCN(Cc1ccc(OCCN2CCCCCCC2)cc1)c1cc(OC)ccc1[C@H]1CCc2cc(O)ccc2C1. The summed E-state index contributed by atoms with van der Waals surface area (Å²) in [5.74, 6) is 2.65. The lowest BCUT2D eigenvalue weighted by molar-refractivity contribution is 0.195. The van der Waals surface area contributed by atoms with Crippen LogP contribution in [0.3, 0.4) is 0 Å². The topological polar surface area (TPSA) is 45.2 Å². The van der Waals surface area contributed by atoms with E-state index in [4.69, 9.17) is 9.47 Å². The van der Waals surface area contributed by atoms with Gasteiger partial charge in [0.2, 0.25) is 0 Å². The smallest absolute Gasteiger partial charge is 0.120 e. The lowest BCUT2D eigenvalue weighted by atomic mass is 9.79. The highest BCUT2D eigenvalue weighted by Gasteiger charge is 2.24. The van der Waals surface area contributed by atoms with Crippen LogP contribution in [0.2, 0.25) is 0 Å². The Bertz CT molecular complexity index is 1220. The molecule has 0 spiro atoms. The van der Waals surface area contributed by atoms with Crippen LogP contribution in [0.5, 0.6) is 17.2 Å². The second-order valence-corrected chi connectivity index (χ2v) is 11.4. The number of nitrogens with zero attached hydrogens (tertiary/aromatic N) is 2. The number of methoxy groups -OCH3 is 1. The zero-order chi connectivity index (χ0) is 27.7. The fourth-order valence-electron chi connectivity index (χ4n) is 6.38. The van der Waals surface area contributed by atoms with Crippen molar-refractivity contribution in [2.75, 3.05) is 44.8 Å². The van der Waals surface area contributed by atoms with E-state index < -0.39 is 0 Å². The molecule has 2 aliphatic rings. The van der Waals surface area contributed by atoms with Crippen molar-refractivity contribution in [1.82, 2.24) is 4.90 Å². The number of hydrogen-bond donors (Lipinski definition) is 1. The van der Waals surface area contributed by atoms with E-state index in [0.717, 1.165) is 57.0 Å². The highest BCUT2D eigenvalue weighted by molar-refractivity contribution is 5.60. The van der Waals surface area contributed by atoms with Crippen molar-refractivity contribution in [1.29, 1.82) is 0 Å². The summed E-state index contributed by atoms with van der Waals surface area (Å²) in [5.41, 5.74) is 6.54. The van der Waals surface area contributed by atoms with Crippen molar-refractivity contribution in [3.05, 3.63) is 82.9 Å². The number of benzene rings is 3. The Hall–Kier alpha value is -3.18. The zero-order valence-electron chi connectivity index (χ0n) is 24.4. The van der Waals surface area contributed by atoms with Crippen molar-refractivity contribution in [3.8, 4) is 17.2 Å². The first-order valence-corrected chi connectivity index (χ1v) is 15.3. The lowest BCUT2D eigenvalue weighted by Gasteiger charge is -2.32. The van der Waals surface area contributed by atoms with Gasteiger partial charge in [0, 0.05) is 31.4 Å². The maximum Gasteiger partial charge on any atom is 0.120 e. The van der Waals surface area contributed by atoms with Crippen LogP contribution >= 0.6 is 0 Å². The quantitative estimate of drug-likeness (QED) is 0.290. The minimum absolute atomic E-state index is 0.365. The number of likely N-dealkylation sites (tertiary alicyclic amines) is 1. The van der Waals surface area contributed by atoms with Gasteiger partial charge in [-0.3, -0.25) is 4.90 Å². The third kappa shape index (κ3) is 7.31. The lowest BCUT2D eigenvalue weighted by Crippen LogP contribution is -2.31. The molecule has 0 aromatic heterocycles. The van der Waals surface area contributed by atoms with Crippen molar-refractivity contribution >= 4 is 5.69 Å². The van der Waals surface area contributed by atoms with Gasteiger partial charge in [0.1, 0.15) is 23.9 Å². The molecule has 0 bridgehead atoms. The predicted octanol–water partition coefficient (Wildman–Crippen LogP) is 7.34. The molecule has 3 aromatic rings. The highest BCUT2D eigenvalue weighted by atomic mass is 16.5. The second-order valence-electron chi connectivity index (χ2n) is 11.4. The first-order valence-electron chi connectivity index (χ1n) is 15.3. The molecule has 3 aromatic carbocycles. The van der Waals surface area contributed by atoms with E-state index in [9.17, 15) is 5.11 Å². The number of fused-ring (bicyclic) bond motifs is 1. The Balaban J connectivity index is 1.24. The van der Waals surface area contributed by atoms with Crippen LogP contribution in [0.1, 0.15) is 73.6 Å². The molecular weight excluding hydrogens is 496 g/mol. The molecule has 1 heterocycles. The number of aryl methyl sites for hydroxylation is 1. The molecule has 1 aliphatic heterocycles. The number of hydrogen-bond acceptors (Lipinski definition) is 5. The molecule has 1 atom stereocenters. The Kier molecular flexibility index (Phi) is 9.88. The fraction of sp³-hybridized carbons (Fsp3) is 0.486. The number of ether oxygens (including phenoxy) is 2. The summed E-state index contributed by atoms with van der Waals surface area (Å²) in [6, 6.07) is 21.1. The van der Waals surface area contributed by atoms with Gasteiger partial charge in [-0.05, 0) is 111 Å². The van der Waals surface area contributed by atoms with E-state index in [1.54, 1.807) is 7.11 Å². The number of rotatable bonds is 10. The molecular formula is C35H46N2O3. The highest BCUT2D eigenvalue weighted by Crippen LogP contribution is 2.40.